The third-order valence-corrected chi connectivity index (χ3v) is 5.98. The van der Waals surface area contributed by atoms with E-state index in [9.17, 15) is 4.79 Å². The molecule has 0 saturated carbocycles. The molecule has 1 fully saturated rings. The molecule has 1 atom stereocenters. The summed E-state index contributed by atoms with van der Waals surface area (Å²) in [6.45, 7) is 4.98. The monoisotopic (exact) mass is 380 g/mol. The van der Waals surface area contributed by atoms with Gasteiger partial charge in [0.05, 0.1) is 11.4 Å². The Morgan fingerprint density at radius 2 is 2.11 bits per heavy atom. The van der Waals surface area contributed by atoms with Crippen LogP contribution in [0.4, 0.5) is 0 Å². The van der Waals surface area contributed by atoms with E-state index in [4.69, 9.17) is 4.98 Å². The van der Waals surface area contributed by atoms with E-state index < -0.39 is 0 Å². The summed E-state index contributed by atoms with van der Waals surface area (Å²) >= 11 is 1.56. The van der Waals surface area contributed by atoms with Gasteiger partial charge in [-0.05, 0) is 38.7 Å². The predicted octanol–water partition coefficient (Wildman–Crippen LogP) is 4.57. The van der Waals surface area contributed by atoms with Crippen molar-refractivity contribution in [2.24, 2.45) is 0 Å². The van der Waals surface area contributed by atoms with E-state index in [1.807, 2.05) is 52.7 Å². The smallest absolute Gasteiger partial charge is 0.246 e. The highest BCUT2D eigenvalue weighted by Gasteiger charge is 2.24. The molecule has 1 unspecified atom stereocenters. The van der Waals surface area contributed by atoms with E-state index in [2.05, 4.69) is 12.0 Å². The Morgan fingerprint density at radius 1 is 1.30 bits per heavy atom. The molecule has 0 N–H and O–H groups in total. The van der Waals surface area contributed by atoms with Gasteiger partial charge in [-0.2, -0.15) is 5.10 Å². The van der Waals surface area contributed by atoms with Gasteiger partial charge >= 0.3 is 0 Å². The fraction of sp³-hybridized carbons (Fsp3) is 0.381. The minimum absolute atomic E-state index is 0.0856. The standard InChI is InChI=1S/C21H24N4OS/c1-3-17-11-7-8-14-24(17)19(26)13-12-18-20(16-9-5-4-6-10-16)22-21-25(18)23-15(2)27-21/h4-6,9-10,12-13,17H,3,7-8,11,14H2,1-2H3. The van der Waals surface area contributed by atoms with Crippen molar-refractivity contribution in [3.8, 4) is 11.3 Å². The third-order valence-electron chi connectivity index (χ3n) is 5.15. The zero-order chi connectivity index (χ0) is 18.8. The van der Waals surface area contributed by atoms with E-state index in [-0.39, 0.29) is 5.91 Å². The number of rotatable bonds is 4. The Labute approximate surface area is 163 Å². The van der Waals surface area contributed by atoms with Gasteiger partial charge in [0.2, 0.25) is 10.9 Å². The molecule has 4 rings (SSSR count). The first kappa shape index (κ1) is 17.9. The first-order valence-corrected chi connectivity index (χ1v) is 10.4. The molecule has 0 bridgehead atoms. The largest absolute Gasteiger partial charge is 0.336 e. The normalized spacial score (nSPS) is 17.9. The summed E-state index contributed by atoms with van der Waals surface area (Å²) in [4.78, 5) is 20.5. The molecule has 1 amide bonds. The summed E-state index contributed by atoms with van der Waals surface area (Å²) in [5.74, 6) is 0.0856. The van der Waals surface area contributed by atoms with Crippen molar-refractivity contribution in [1.29, 1.82) is 0 Å². The zero-order valence-corrected chi connectivity index (χ0v) is 16.6. The predicted molar refractivity (Wildman–Crippen MR) is 110 cm³/mol. The van der Waals surface area contributed by atoms with E-state index in [1.54, 1.807) is 17.4 Å². The second-order valence-electron chi connectivity index (χ2n) is 6.95. The molecule has 2 aromatic heterocycles. The number of aromatic nitrogens is 3. The van der Waals surface area contributed by atoms with Gasteiger partial charge in [0, 0.05) is 24.2 Å². The number of piperidine rings is 1. The highest BCUT2D eigenvalue weighted by atomic mass is 32.1. The van der Waals surface area contributed by atoms with Crippen LogP contribution in [-0.2, 0) is 4.79 Å². The lowest BCUT2D eigenvalue weighted by Crippen LogP contribution is -2.42. The van der Waals surface area contributed by atoms with Gasteiger partial charge in [-0.1, -0.05) is 48.6 Å². The Kier molecular flexibility index (Phi) is 5.07. The lowest BCUT2D eigenvalue weighted by Gasteiger charge is -2.34. The van der Waals surface area contributed by atoms with Crippen LogP contribution >= 0.6 is 11.3 Å². The molecule has 1 aliphatic rings. The second-order valence-corrected chi connectivity index (χ2v) is 8.11. The van der Waals surface area contributed by atoms with Crippen LogP contribution in [0.1, 0.15) is 43.3 Å². The molecule has 6 heteroatoms. The SMILES string of the molecule is CCC1CCCCN1C(=O)C=Cc1c(-c2ccccc2)nc2sc(C)nn12. The quantitative estimate of drug-likeness (QED) is 0.623. The molecule has 0 aliphatic carbocycles. The van der Waals surface area contributed by atoms with Gasteiger partial charge in [0.15, 0.2) is 0 Å². The molecule has 1 saturated heterocycles. The minimum Gasteiger partial charge on any atom is -0.336 e. The maximum absolute atomic E-state index is 12.8. The zero-order valence-electron chi connectivity index (χ0n) is 15.8. The van der Waals surface area contributed by atoms with Crippen molar-refractivity contribution < 1.29 is 4.79 Å². The Hall–Kier alpha value is -2.47. The average molecular weight is 381 g/mol. The van der Waals surface area contributed by atoms with Gasteiger partial charge in [-0.25, -0.2) is 9.50 Å². The molecular formula is C21H24N4OS. The van der Waals surface area contributed by atoms with E-state index in [0.29, 0.717) is 6.04 Å². The summed E-state index contributed by atoms with van der Waals surface area (Å²) in [5, 5.41) is 5.54. The van der Waals surface area contributed by atoms with Crippen molar-refractivity contribution >= 4 is 28.3 Å². The highest BCUT2D eigenvalue weighted by molar-refractivity contribution is 7.16. The summed E-state index contributed by atoms with van der Waals surface area (Å²) in [5.41, 5.74) is 2.76. The summed E-state index contributed by atoms with van der Waals surface area (Å²) in [6.07, 6.45) is 7.99. The molecule has 0 spiro atoms. The number of imidazole rings is 1. The van der Waals surface area contributed by atoms with Crippen LogP contribution < -0.4 is 0 Å². The third kappa shape index (κ3) is 3.54. The number of amides is 1. The van der Waals surface area contributed by atoms with Crippen LogP contribution in [0, 0.1) is 6.92 Å². The van der Waals surface area contributed by atoms with Crippen molar-refractivity contribution in [2.45, 2.75) is 45.6 Å². The van der Waals surface area contributed by atoms with E-state index in [1.165, 1.54) is 6.42 Å². The van der Waals surface area contributed by atoms with E-state index in [0.717, 1.165) is 52.7 Å². The molecular weight excluding hydrogens is 356 g/mol. The van der Waals surface area contributed by atoms with Gasteiger partial charge in [0.25, 0.3) is 0 Å². The van der Waals surface area contributed by atoms with Crippen molar-refractivity contribution in [2.75, 3.05) is 6.54 Å². The number of aryl methyl sites for hydroxylation is 1. The van der Waals surface area contributed by atoms with Crippen LogP contribution in [0.25, 0.3) is 22.3 Å². The number of hydrogen-bond acceptors (Lipinski definition) is 4. The number of carbonyl (C=O) groups is 1. The van der Waals surface area contributed by atoms with Crippen molar-refractivity contribution in [3.63, 3.8) is 0 Å². The summed E-state index contributed by atoms with van der Waals surface area (Å²) < 4.78 is 1.85. The van der Waals surface area contributed by atoms with Crippen LogP contribution in [0.5, 0.6) is 0 Å². The number of nitrogens with zero attached hydrogens (tertiary/aromatic N) is 4. The number of benzene rings is 1. The first-order chi connectivity index (χ1) is 13.2. The molecule has 5 nitrogen and oxygen atoms in total. The van der Waals surface area contributed by atoms with Gasteiger partial charge < -0.3 is 4.90 Å². The average Bonchev–Trinajstić information content (AvgIpc) is 3.22. The van der Waals surface area contributed by atoms with Crippen LogP contribution in [0.15, 0.2) is 36.4 Å². The fourth-order valence-corrected chi connectivity index (χ4v) is 4.53. The lowest BCUT2D eigenvalue weighted by molar-refractivity contribution is -0.129. The Bertz CT molecular complexity index is 973. The molecule has 3 heterocycles. The molecule has 0 radical (unpaired) electrons. The molecule has 1 aromatic carbocycles. The van der Waals surface area contributed by atoms with Gasteiger partial charge in [0.1, 0.15) is 5.01 Å². The fourth-order valence-electron chi connectivity index (χ4n) is 3.78. The number of hydrogen-bond donors (Lipinski definition) is 0. The maximum atomic E-state index is 12.8. The minimum atomic E-state index is 0.0856. The molecule has 140 valence electrons. The topological polar surface area (TPSA) is 50.5 Å². The number of carbonyl (C=O) groups excluding carboxylic acids is 1. The lowest BCUT2D eigenvalue weighted by atomic mass is 10.00. The Balaban J connectivity index is 1.70. The first-order valence-electron chi connectivity index (χ1n) is 9.57. The highest BCUT2D eigenvalue weighted by Crippen LogP contribution is 2.28. The van der Waals surface area contributed by atoms with Crippen LogP contribution in [0.2, 0.25) is 0 Å². The molecule has 1 aliphatic heterocycles. The van der Waals surface area contributed by atoms with Crippen LogP contribution in [0.3, 0.4) is 0 Å². The van der Waals surface area contributed by atoms with Crippen LogP contribution in [-0.4, -0.2) is 38.0 Å². The van der Waals surface area contributed by atoms with E-state index >= 15 is 0 Å². The molecule has 27 heavy (non-hydrogen) atoms. The van der Waals surface area contributed by atoms with Crippen molar-refractivity contribution in [1.82, 2.24) is 19.5 Å². The van der Waals surface area contributed by atoms with Gasteiger partial charge in [-0.15, -0.1) is 0 Å². The maximum Gasteiger partial charge on any atom is 0.246 e. The summed E-state index contributed by atoms with van der Waals surface area (Å²) in [7, 11) is 0. The molecule has 3 aromatic rings. The Morgan fingerprint density at radius 3 is 2.89 bits per heavy atom. The summed E-state index contributed by atoms with van der Waals surface area (Å²) in [6, 6.07) is 10.4. The van der Waals surface area contributed by atoms with Crippen molar-refractivity contribution in [3.05, 3.63) is 47.1 Å². The second kappa shape index (κ2) is 7.64. The number of fused-ring (bicyclic) bond motifs is 1. The number of likely N-dealkylation sites (tertiary alicyclic amines) is 1. The van der Waals surface area contributed by atoms with Gasteiger partial charge in [-0.3, -0.25) is 4.79 Å².